The lowest BCUT2D eigenvalue weighted by molar-refractivity contribution is 0.0329. The molecule has 0 N–H and O–H groups in total. The monoisotopic (exact) mass is 320 g/mol. The van der Waals surface area contributed by atoms with E-state index in [0.717, 1.165) is 13.0 Å². The minimum Gasteiger partial charge on any atom is -0.372 e. The first-order valence-electron chi connectivity index (χ1n) is 7.31. The third-order valence-electron chi connectivity index (χ3n) is 4.22. The third-order valence-corrected chi connectivity index (χ3v) is 4.81. The highest BCUT2D eigenvalue weighted by molar-refractivity contribution is 7.07. The van der Waals surface area contributed by atoms with Gasteiger partial charge >= 0.3 is 0 Å². The van der Waals surface area contributed by atoms with Gasteiger partial charge in [0.1, 0.15) is 5.69 Å². The number of likely N-dealkylation sites (tertiary alicyclic amines) is 1. The number of aryl methyl sites for hydroxylation is 1. The summed E-state index contributed by atoms with van der Waals surface area (Å²) in [5.74, 6) is 1.66. The number of hydrogen-bond donors (Lipinski definition) is 0. The maximum Gasteiger partial charge on any atom is 0.273 e. The van der Waals surface area contributed by atoms with Crippen molar-refractivity contribution in [2.24, 2.45) is 5.92 Å². The Morgan fingerprint density at radius 3 is 3.09 bits per heavy atom. The van der Waals surface area contributed by atoms with E-state index in [9.17, 15) is 4.79 Å². The van der Waals surface area contributed by atoms with E-state index in [1.54, 1.807) is 17.8 Å². The van der Waals surface area contributed by atoms with Crippen LogP contribution < -0.4 is 0 Å². The van der Waals surface area contributed by atoms with Gasteiger partial charge in [0.2, 0.25) is 5.89 Å². The molecule has 0 bridgehead atoms. The zero-order chi connectivity index (χ0) is 15.1. The lowest BCUT2D eigenvalue weighted by Crippen LogP contribution is -2.31. The summed E-state index contributed by atoms with van der Waals surface area (Å²) in [4.78, 5) is 22.4. The van der Waals surface area contributed by atoms with Crippen molar-refractivity contribution < 1.29 is 14.1 Å². The van der Waals surface area contributed by atoms with Crippen LogP contribution in [0.4, 0.5) is 0 Å². The first-order chi connectivity index (χ1) is 10.7. The summed E-state index contributed by atoms with van der Waals surface area (Å²) in [7, 11) is 0. The molecule has 2 aliphatic heterocycles. The van der Waals surface area contributed by atoms with E-state index in [1.165, 1.54) is 11.3 Å². The highest BCUT2D eigenvalue weighted by atomic mass is 32.1. The van der Waals surface area contributed by atoms with Crippen molar-refractivity contribution in [3.8, 4) is 0 Å². The van der Waals surface area contributed by atoms with Gasteiger partial charge in [-0.3, -0.25) is 4.79 Å². The van der Waals surface area contributed by atoms with E-state index in [0.29, 0.717) is 36.3 Å². The molecule has 116 valence electrons. The summed E-state index contributed by atoms with van der Waals surface area (Å²) >= 11 is 1.44. The van der Waals surface area contributed by atoms with Crippen LogP contribution in [0.15, 0.2) is 15.4 Å². The Hall–Kier alpha value is -1.80. The summed E-state index contributed by atoms with van der Waals surface area (Å²) in [6.45, 7) is 3.18. The quantitative estimate of drug-likeness (QED) is 0.848. The van der Waals surface area contributed by atoms with Gasteiger partial charge < -0.3 is 14.2 Å². The number of carbonyl (C=O) groups excluding carboxylic acids is 1. The number of aromatic nitrogens is 3. The number of amides is 1. The van der Waals surface area contributed by atoms with Crippen LogP contribution in [-0.2, 0) is 11.2 Å². The zero-order valence-electron chi connectivity index (χ0n) is 12.1. The van der Waals surface area contributed by atoms with Crippen LogP contribution in [0.5, 0.6) is 0 Å². The molecule has 2 aliphatic rings. The molecule has 22 heavy (non-hydrogen) atoms. The number of carbonyl (C=O) groups is 1. The molecular formula is C14H16N4O3S. The van der Waals surface area contributed by atoms with Crippen molar-refractivity contribution in [2.75, 3.05) is 13.1 Å². The smallest absolute Gasteiger partial charge is 0.273 e. The van der Waals surface area contributed by atoms with Crippen molar-refractivity contribution in [1.82, 2.24) is 20.0 Å². The zero-order valence-corrected chi connectivity index (χ0v) is 13.0. The number of nitrogens with zero attached hydrogens (tertiary/aromatic N) is 4. The average Bonchev–Trinajstić information content (AvgIpc) is 3.21. The standard InChI is InChI=1S/C14H16N4O3S/c1-8-16-13(21-17-8)3-10-2-9-4-18(5-12(9)20-10)14(19)11-6-22-7-15-11/h6-7,9-10,12H,2-5H2,1H3/t9-,10+,12+/m0/s1. The van der Waals surface area contributed by atoms with Crippen molar-refractivity contribution >= 4 is 17.2 Å². The molecule has 2 fully saturated rings. The molecule has 0 saturated carbocycles. The number of rotatable bonds is 3. The number of thiazole rings is 1. The molecule has 8 heteroatoms. The number of ether oxygens (including phenoxy) is 1. The Bertz CT molecular complexity index is 657. The van der Waals surface area contributed by atoms with E-state index in [1.807, 2.05) is 4.90 Å². The number of hydrogen-bond acceptors (Lipinski definition) is 7. The molecule has 0 aliphatic carbocycles. The Kier molecular flexibility index (Phi) is 3.42. The second-order valence-electron chi connectivity index (χ2n) is 5.82. The fourth-order valence-corrected chi connectivity index (χ4v) is 3.78. The number of fused-ring (bicyclic) bond motifs is 1. The van der Waals surface area contributed by atoms with E-state index in [4.69, 9.17) is 9.26 Å². The molecule has 2 aromatic heterocycles. The Morgan fingerprint density at radius 2 is 2.41 bits per heavy atom. The second-order valence-corrected chi connectivity index (χ2v) is 6.53. The van der Waals surface area contributed by atoms with E-state index < -0.39 is 0 Å². The van der Waals surface area contributed by atoms with Gasteiger partial charge in [0.15, 0.2) is 5.82 Å². The van der Waals surface area contributed by atoms with Crippen LogP contribution >= 0.6 is 11.3 Å². The van der Waals surface area contributed by atoms with Gasteiger partial charge in [0, 0.05) is 24.4 Å². The SMILES string of the molecule is Cc1noc(C[C@H]2C[C@H]3CN(C(=O)c4cscn4)C[C@H]3O2)n1. The fourth-order valence-electron chi connectivity index (χ4n) is 3.26. The van der Waals surface area contributed by atoms with Gasteiger partial charge in [-0.05, 0) is 13.3 Å². The van der Waals surface area contributed by atoms with E-state index >= 15 is 0 Å². The van der Waals surface area contributed by atoms with E-state index in [-0.39, 0.29) is 18.1 Å². The molecule has 4 heterocycles. The largest absolute Gasteiger partial charge is 0.372 e. The minimum atomic E-state index is 0.00308. The average molecular weight is 320 g/mol. The predicted molar refractivity (Wildman–Crippen MR) is 77.5 cm³/mol. The maximum absolute atomic E-state index is 12.3. The molecule has 0 radical (unpaired) electrons. The molecule has 0 aromatic carbocycles. The van der Waals surface area contributed by atoms with Gasteiger partial charge in [-0.15, -0.1) is 11.3 Å². The van der Waals surface area contributed by atoms with Gasteiger partial charge in [-0.25, -0.2) is 4.98 Å². The van der Waals surface area contributed by atoms with Crippen LogP contribution in [-0.4, -0.2) is 51.2 Å². The van der Waals surface area contributed by atoms with Gasteiger partial charge in [-0.2, -0.15) is 4.98 Å². The molecule has 0 spiro atoms. The molecule has 2 aromatic rings. The van der Waals surface area contributed by atoms with Gasteiger partial charge in [0.05, 0.1) is 24.1 Å². The normalized spacial score (nSPS) is 27.3. The summed E-state index contributed by atoms with van der Waals surface area (Å²) in [6, 6.07) is 0. The molecule has 2 saturated heterocycles. The summed E-state index contributed by atoms with van der Waals surface area (Å²) in [5.41, 5.74) is 2.21. The molecule has 3 atom stereocenters. The minimum absolute atomic E-state index is 0.00308. The van der Waals surface area contributed by atoms with Crippen LogP contribution in [0.3, 0.4) is 0 Å². The fraction of sp³-hybridized carbons (Fsp3) is 0.571. The molecule has 4 rings (SSSR count). The summed E-state index contributed by atoms with van der Waals surface area (Å²) in [5, 5.41) is 5.58. The molecule has 7 nitrogen and oxygen atoms in total. The van der Waals surface area contributed by atoms with E-state index in [2.05, 4.69) is 15.1 Å². The van der Waals surface area contributed by atoms with Crippen molar-refractivity contribution in [3.05, 3.63) is 28.3 Å². The molecule has 0 unspecified atom stereocenters. The van der Waals surface area contributed by atoms with Gasteiger partial charge in [-0.1, -0.05) is 5.16 Å². The predicted octanol–water partition coefficient (Wildman–Crippen LogP) is 1.31. The lowest BCUT2D eigenvalue weighted by atomic mass is 10.0. The van der Waals surface area contributed by atoms with Crippen LogP contribution in [0.2, 0.25) is 0 Å². The Balaban J connectivity index is 1.35. The van der Waals surface area contributed by atoms with Crippen LogP contribution in [0.1, 0.15) is 28.6 Å². The first kappa shape index (κ1) is 13.8. The molecular weight excluding hydrogens is 304 g/mol. The summed E-state index contributed by atoms with van der Waals surface area (Å²) in [6.07, 6.45) is 1.78. The highest BCUT2D eigenvalue weighted by Gasteiger charge is 2.44. The molecule has 1 amide bonds. The maximum atomic E-state index is 12.3. The third kappa shape index (κ3) is 2.52. The highest BCUT2D eigenvalue weighted by Crippen LogP contribution is 2.34. The van der Waals surface area contributed by atoms with Crippen molar-refractivity contribution in [1.29, 1.82) is 0 Å². The Labute approximate surface area is 131 Å². The van der Waals surface area contributed by atoms with Crippen LogP contribution in [0.25, 0.3) is 0 Å². The van der Waals surface area contributed by atoms with Crippen LogP contribution in [0, 0.1) is 12.8 Å². The second kappa shape index (κ2) is 5.44. The topological polar surface area (TPSA) is 81.4 Å². The summed E-state index contributed by atoms with van der Waals surface area (Å²) < 4.78 is 11.2. The Morgan fingerprint density at radius 1 is 1.50 bits per heavy atom. The van der Waals surface area contributed by atoms with Crippen molar-refractivity contribution in [3.63, 3.8) is 0 Å². The first-order valence-corrected chi connectivity index (χ1v) is 8.25. The van der Waals surface area contributed by atoms with Gasteiger partial charge in [0.25, 0.3) is 5.91 Å². The lowest BCUT2D eigenvalue weighted by Gasteiger charge is -2.18. The van der Waals surface area contributed by atoms with Crippen molar-refractivity contribution in [2.45, 2.75) is 32.0 Å².